The van der Waals surface area contributed by atoms with E-state index in [1.807, 2.05) is 38.1 Å². The fraction of sp³-hybridized carbons (Fsp3) is 0.350. The maximum Gasteiger partial charge on any atom is 0.348 e. The van der Waals surface area contributed by atoms with Crippen molar-refractivity contribution in [2.24, 2.45) is 5.92 Å². The van der Waals surface area contributed by atoms with Gasteiger partial charge in [-0.3, -0.25) is 4.79 Å². The summed E-state index contributed by atoms with van der Waals surface area (Å²) in [6, 6.07) is 11.5. The van der Waals surface area contributed by atoms with Gasteiger partial charge >= 0.3 is 5.97 Å². The lowest BCUT2D eigenvalue weighted by Gasteiger charge is -2.27. The first-order valence-electron chi connectivity index (χ1n) is 8.58. The van der Waals surface area contributed by atoms with Crippen molar-refractivity contribution in [2.45, 2.75) is 32.9 Å². The van der Waals surface area contributed by atoms with Gasteiger partial charge < -0.3 is 14.8 Å². The van der Waals surface area contributed by atoms with E-state index < -0.39 is 24.0 Å². The Morgan fingerprint density at radius 3 is 2.85 bits per heavy atom. The number of carbonyl (C=O) groups is 2. The van der Waals surface area contributed by atoms with Crippen molar-refractivity contribution in [3.63, 3.8) is 0 Å². The quantitative estimate of drug-likeness (QED) is 0.797. The Kier molecular flexibility index (Phi) is 5.19. The predicted molar refractivity (Wildman–Crippen MR) is 101 cm³/mol. The normalized spacial score (nSPS) is 14.2. The number of esters is 1. The Morgan fingerprint density at radius 2 is 2.15 bits per heavy atom. The molecule has 3 rings (SSSR count). The Bertz CT molecular complexity index is 928. The molecule has 1 unspecified atom stereocenters. The molecule has 0 spiro atoms. The van der Waals surface area contributed by atoms with E-state index >= 15 is 0 Å². The molecular formula is C20H20N2O4S. The Balaban J connectivity index is 1.66. The van der Waals surface area contributed by atoms with Gasteiger partial charge in [-0.1, -0.05) is 26.0 Å². The van der Waals surface area contributed by atoms with Gasteiger partial charge in [0.05, 0.1) is 6.07 Å². The van der Waals surface area contributed by atoms with Crippen LogP contribution in [0, 0.1) is 17.2 Å². The number of fused-ring (bicyclic) bond motifs is 3. The first kappa shape index (κ1) is 18.9. The third-order valence-corrected chi connectivity index (χ3v) is 5.84. The number of nitrogens with one attached hydrogen (secondary N) is 1. The van der Waals surface area contributed by atoms with Crippen LogP contribution in [-0.2, 0) is 16.1 Å². The van der Waals surface area contributed by atoms with E-state index in [4.69, 9.17) is 9.47 Å². The van der Waals surface area contributed by atoms with Crippen LogP contribution in [-0.4, -0.2) is 24.0 Å². The van der Waals surface area contributed by atoms with Gasteiger partial charge in [-0.2, -0.15) is 5.26 Å². The van der Waals surface area contributed by atoms with Gasteiger partial charge in [0.25, 0.3) is 5.91 Å². The lowest BCUT2D eigenvalue weighted by atomic mass is 9.90. The summed E-state index contributed by atoms with van der Waals surface area (Å²) >= 11 is 1.32. The van der Waals surface area contributed by atoms with Crippen molar-refractivity contribution in [3.8, 4) is 22.3 Å². The lowest BCUT2D eigenvalue weighted by molar-refractivity contribution is -0.125. The number of para-hydroxylation sites is 1. The molecule has 140 valence electrons. The number of carbonyl (C=O) groups excluding carboxylic acids is 2. The zero-order valence-electron chi connectivity index (χ0n) is 15.4. The van der Waals surface area contributed by atoms with Gasteiger partial charge in [-0.25, -0.2) is 4.79 Å². The molecule has 1 amide bonds. The molecule has 1 aliphatic rings. The molecule has 0 fully saturated rings. The van der Waals surface area contributed by atoms with Crippen LogP contribution in [0.2, 0.25) is 0 Å². The molecule has 1 aromatic carbocycles. The van der Waals surface area contributed by atoms with Crippen LogP contribution in [0.25, 0.3) is 10.4 Å². The standard InChI is InChI=1S/C20H20N2O4S/c1-12(2)20(3,11-21)22-17(23)10-26-19(24)16-8-13-9-25-15-7-5-4-6-14(15)18(13)27-16/h4-8,12H,9-10H2,1-3H3,(H,22,23). The molecule has 0 saturated carbocycles. The highest BCUT2D eigenvalue weighted by Gasteiger charge is 2.30. The van der Waals surface area contributed by atoms with Crippen LogP contribution < -0.4 is 10.1 Å². The number of rotatable bonds is 5. The van der Waals surface area contributed by atoms with E-state index in [0.29, 0.717) is 11.5 Å². The van der Waals surface area contributed by atoms with Crippen LogP contribution in [0.5, 0.6) is 5.75 Å². The van der Waals surface area contributed by atoms with Gasteiger partial charge in [0.1, 0.15) is 22.8 Å². The minimum atomic E-state index is -1.01. The summed E-state index contributed by atoms with van der Waals surface area (Å²) in [6.45, 7) is 5.28. The van der Waals surface area contributed by atoms with Crippen LogP contribution in [0.4, 0.5) is 0 Å². The minimum absolute atomic E-state index is 0.0776. The van der Waals surface area contributed by atoms with E-state index in [1.54, 1.807) is 13.0 Å². The molecule has 0 saturated heterocycles. The summed E-state index contributed by atoms with van der Waals surface area (Å²) in [5.74, 6) is -0.358. The van der Waals surface area contributed by atoms with Crippen molar-refractivity contribution in [1.29, 1.82) is 5.26 Å². The number of thiophene rings is 1. The van der Waals surface area contributed by atoms with Crippen LogP contribution in [0.3, 0.4) is 0 Å². The van der Waals surface area contributed by atoms with E-state index in [1.165, 1.54) is 11.3 Å². The monoisotopic (exact) mass is 384 g/mol. The SMILES string of the molecule is CC(C)C(C)(C#N)NC(=O)COC(=O)c1cc2c(s1)-c1ccccc1OC2. The highest BCUT2D eigenvalue weighted by Crippen LogP contribution is 2.42. The van der Waals surface area contributed by atoms with E-state index in [2.05, 4.69) is 11.4 Å². The maximum absolute atomic E-state index is 12.4. The second-order valence-electron chi connectivity index (χ2n) is 6.84. The number of ether oxygens (including phenoxy) is 2. The minimum Gasteiger partial charge on any atom is -0.488 e. The van der Waals surface area contributed by atoms with Crippen molar-refractivity contribution < 1.29 is 19.1 Å². The summed E-state index contributed by atoms with van der Waals surface area (Å²) < 4.78 is 10.8. The number of nitriles is 1. The molecule has 27 heavy (non-hydrogen) atoms. The number of hydrogen-bond acceptors (Lipinski definition) is 6. The zero-order chi connectivity index (χ0) is 19.6. The molecule has 1 N–H and O–H groups in total. The summed E-state index contributed by atoms with van der Waals surface area (Å²) in [7, 11) is 0. The third kappa shape index (κ3) is 3.81. The largest absolute Gasteiger partial charge is 0.488 e. The molecule has 0 bridgehead atoms. The van der Waals surface area contributed by atoms with Crippen molar-refractivity contribution in [1.82, 2.24) is 5.32 Å². The van der Waals surface area contributed by atoms with E-state index in [9.17, 15) is 14.9 Å². The third-order valence-electron chi connectivity index (χ3n) is 4.65. The second-order valence-corrected chi connectivity index (χ2v) is 7.90. The molecule has 1 atom stereocenters. The first-order chi connectivity index (χ1) is 12.8. The topological polar surface area (TPSA) is 88.4 Å². The van der Waals surface area contributed by atoms with Gasteiger partial charge in [0.2, 0.25) is 0 Å². The number of nitrogens with zero attached hydrogens (tertiary/aromatic N) is 1. The van der Waals surface area contributed by atoms with Crippen LogP contribution in [0.15, 0.2) is 30.3 Å². The summed E-state index contributed by atoms with van der Waals surface area (Å²) in [6.07, 6.45) is 0. The Labute approximate surface area is 161 Å². The molecular weight excluding hydrogens is 364 g/mol. The number of hydrogen-bond donors (Lipinski definition) is 1. The zero-order valence-corrected chi connectivity index (χ0v) is 16.2. The predicted octanol–water partition coefficient (Wildman–Crippen LogP) is 3.52. The smallest absolute Gasteiger partial charge is 0.348 e. The molecule has 7 heteroatoms. The van der Waals surface area contributed by atoms with Crippen molar-refractivity contribution in [3.05, 3.63) is 40.8 Å². The molecule has 1 aromatic heterocycles. The first-order valence-corrected chi connectivity index (χ1v) is 9.40. The fourth-order valence-corrected chi connectivity index (χ4v) is 3.72. The van der Waals surface area contributed by atoms with Crippen molar-refractivity contribution in [2.75, 3.05) is 6.61 Å². The van der Waals surface area contributed by atoms with E-state index in [-0.39, 0.29) is 5.92 Å². The van der Waals surface area contributed by atoms with Gasteiger partial charge in [-0.15, -0.1) is 11.3 Å². The average molecular weight is 384 g/mol. The summed E-state index contributed by atoms with van der Waals surface area (Å²) in [4.78, 5) is 25.8. The second kappa shape index (κ2) is 7.41. The Morgan fingerprint density at radius 1 is 1.41 bits per heavy atom. The molecule has 2 heterocycles. The molecule has 0 aliphatic carbocycles. The molecule has 2 aromatic rings. The average Bonchev–Trinajstić information content (AvgIpc) is 3.10. The maximum atomic E-state index is 12.4. The van der Waals surface area contributed by atoms with Gasteiger partial charge in [0.15, 0.2) is 6.61 Å². The van der Waals surface area contributed by atoms with E-state index in [0.717, 1.165) is 21.8 Å². The summed E-state index contributed by atoms with van der Waals surface area (Å²) in [5.41, 5.74) is 0.862. The van der Waals surface area contributed by atoms with Crippen molar-refractivity contribution >= 4 is 23.2 Å². The Hall–Kier alpha value is -2.85. The highest BCUT2D eigenvalue weighted by atomic mass is 32.1. The van der Waals surface area contributed by atoms with Gasteiger partial charge in [0, 0.05) is 16.0 Å². The van der Waals surface area contributed by atoms with Crippen LogP contribution >= 0.6 is 11.3 Å². The summed E-state index contributed by atoms with van der Waals surface area (Å²) in [5, 5.41) is 11.9. The fourth-order valence-electron chi connectivity index (χ4n) is 2.63. The molecule has 0 radical (unpaired) electrons. The highest BCUT2D eigenvalue weighted by molar-refractivity contribution is 7.17. The molecule has 1 aliphatic heterocycles. The molecule has 6 nitrogen and oxygen atoms in total. The van der Waals surface area contributed by atoms with Gasteiger partial charge in [-0.05, 0) is 31.0 Å². The van der Waals surface area contributed by atoms with Crippen LogP contribution in [0.1, 0.15) is 36.0 Å². The lowest BCUT2D eigenvalue weighted by Crippen LogP contribution is -2.50. The number of benzene rings is 1. The number of amides is 1.